The quantitative estimate of drug-likeness (QED) is 0.121. The van der Waals surface area contributed by atoms with Gasteiger partial charge in [-0.25, -0.2) is 0 Å². The van der Waals surface area contributed by atoms with Crippen LogP contribution in [0.25, 0.3) is 0 Å². The van der Waals surface area contributed by atoms with E-state index in [1.54, 1.807) is 19.1 Å². The van der Waals surface area contributed by atoms with Gasteiger partial charge in [0.05, 0.1) is 7.11 Å². The fourth-order valence-corrected chi connectivity index (χ4v) is 4.38. The number of ketones is 2. The highest BCUT2D eigenvalue weighted by Gasteiger charge is 2.28. The number of rotatable bonds is 17. The van der Waals surface area contributed by atoms with Gasteiger partial charge in [-0.15, -0.1) is 0 Å². The lowest BCUT2D eigenvalue weighted by atomic mass is 9.94. The molecule has 0 heterocycles. The van der Waals surface area contributed by atoms with E-state index in [2.05, 4.69) is 12.2 Å². The van der Waals surface area contributed by atoms with E-state index in [1.165, 1.54) is 26.4 Å². The summed E-state index contributed by atoms with van der Waals surface area (Å²) in [6, 6.07) is 3.50. The molecule has 198 valence electrons. The number of aliphatic hydroxyl groups is 1. The van der Waals surface area contributed by atoms with Crippen molar-refractivity contribution in [3.63, 3.8) is 0 Å². The van der Waals surface area contributed by atoms with Crippen LogP contribution in [0.3, 0.4) is 0 Å². The predicted molar refractivity (Wildman–Crippen MR) is 142 cm³/mol. The third-order valence-electron chi connectivity index (χ3n) is 6.71. The summed E-state index contributed by atoms with van der Waals surface area (Å²) < 4.78 is 4.93. The molecule has 1 aromatic rings. The second kappa shape index (κ2) is 15.9. The molecule has 0 amide bonds. The van der Waals surface area contributed by atoms with Crippen molar-refractivity contribution in [1.82, 2.24) is 0 Å². The fraction of sp³-hybridized carbons (Fsp3) is 0.533. The number of carbonyl (C=O) groups excluding carboxylic acids is 2. The molecule has 0 radical (unpaired) electrons. The molecule has 3 N–H and O–H groups in total. The van der Waals surface area contributed by atoms with Crippen molar-refractivity contribution in [3.8, 4) is 11.5 Å². The highest BCUT2D eigenvalue weighted by Crippen LogP contribution is 2.28. The van der Waals surface area contributed by atoms with E-state index in [1.807, 2.05) is 0 Å². The molecule has 0 fully saturated rings. The minimum atomic E-state index is -0.560. The number of ether oxygens (including phenoxy) is 1. The number of benzene rings is 1. The standard InChI is InChI=1S/C30H42O6/c1-22-25(31)19-23(20-26(22)32)17-15-13-11-9-7-5-3-4-6-8-10-12-14-16-18-24-29(34)27(33)21-28(36-2)30(24)35/h3-4,19-21,31-32,34H,5-18H2,1-2H3. The van der Waals surface area contributed by atoms with Crippen LogP contribution >= 0.6 is 0 Å². The van der Waals surface area contributed by atoms with Gasteiger partial charge in [0.1, 0.15) is 11.5 Å². The van der Waals surface area contributed by atoms with E-state index in [0.29, 0.717) is 12.0 Å². The Morgan fingerprint density at radius 2 is 1.25 bits per heavy atom. The smallest absolute Gasteiger partial charge is 0.227 e. The van der Waals surface area contributed by atoms with Crippen LogP contribution in [0.15, 0.2) is 47.5 Å². The molecule has 6 nitrogen and oxygen atoms in total. The van der Waals surface area contributed by atoms with Crippen molar-refractivity contribution in [2.75, 3.05) is 7.11 Å². The molecule has 0 spiro atoms. The van der Waals surface area contributed by atoms with Gasteiger partial charge in [0.2, 0.25) is 11.6 Å². The number of hydrogen-bond donors (Lipinski definition) is 3. The Morgan fingerprint density at radius 1 is 0.750 bits per heavy atom. The molecule has 0 aliphatic heterocycles. The number of methoxy groups -OCH3 is 1. The molecule has 1 aromatic carbocycles. The number of carbonyl (C=O) groups is 2. The van der Waals surface area contributed by atoms with E-state index < -0.39 is 11.5 Å². The minimum Gasteiger partial charge on any atom is -0.508 e. The predicted octanol–water partition coefficient (Wildman–Crippen LogP) is 7.07. The third-order valence-corrected chi connectivity index (χ3v) is 6.71. The van der Waals surface area contributed by atoms with E-state index >= 15 is 0 Å². The van der Waals surface area contributed by atoms with Crippen molar-refractivity contribution >= 4 is 11.6 Å². The van der Waals surface area contributed by atoms with Gasteiger partial charge in [0, 0.05) is 17.2 Å². The van der Waals surface area contributed by atoms with Crippen LogP contribution in [0, 0.1) is 6.92 Å². The summed E-state index contributed by atoms with van der Waals surface area (Å²) in [6.45, 7) is 1.71. The second-order valence-corrected chi connectivity index (χ2v) is 9.58. The molecule has 2 rings (SSSR count). The van der Waals surface area contributed by atoms with Crippen LogP contribution in [0.5, 0.6) is 11.5 Å². The highest BCUT2D eigenvalue weighted by atomic mass is 16.5. The zero-order chi connectivity index (χ0) is 26.3. The van der Waals surface area contributed by atoms with Crippen molar-refractivity contribution in [3.05, 3.63) is 58.6 Å². The van der Waals surface area contributed by atoms with Gasteiger partial charge in [0.25, 0.3) is 0 Å². The normalized spacial score (nSPS) is 14.1. The Morgan fingerprint density at radius 3 is 1.81 bits per heavy atom. The van der Waals surface area contributed by atoms with E-state index in [0.717, 1.165) is 75.8 Å². The van der Waals surface area contributed by atoms with Crippen LogP contribution in [0.2, 0.25) is 0 Å². The van der Waals surface area contributed by atoms with Crippen LogP contribution < -0.4 is 0 Å². The number of aromatic hydroxyl groups is 2. The maximum Gasteiger partial charge on any atom is 0.227 e. The van der Waals surface area contributed by atoms with Crippen LogP contribution in [-0.2, 0) is 20.7 Å². The summed E-state index contributed by atoms with van der Waals surface area (Å²) in [5, 5.41) is 29.5. The van der Waals surface area contributed by atoms with Crippen molar-refractivity contribution < 1.29 is 29.6 Å². The van der Waals surface area contributed by atoms with Gasteiger partial charge in [-0.1, -0.05) is 50.7 Å². The lowest BCUT2D eigenvalue weighted by Gasteiger charge is -2.14. The number of hydrogen-bond acceptors (Lipinski definition) is 6. The first-order chi connectivity index (χ1) is 17.3. The van der Waals surface area contributed by atoms with Gasteiger partial charge in [-0.3, -0.25) is 9.59 Å². The van der Waals surface area contributed by atoms with E-state index in [9.17, 15) is 24.9 Å². The van der Waals surface area contributed by atoms with Gasteiger partial charge >= 0.3 is 0 Å². The second-order valence-electron chi connectivity index (χ2n) is 9.58. The van der Waals surface area contributed by atoms with Crippen LogP contribution in [-0.4, -0.2) is 34.0 Å². The number of phenols is 2. The Labute approximate surface area is 215 Å². The molecular weight excluding hydrogens is 456 g/mol. The van der Waals surface area contributed by atoms with Crippen LogP contribution in [0.1, 0.15) is 94.6 Å². The number of phenolic OH excluding ortho intramolecular Hbond substituents is 2. The first-order valence-corrected chi connectivity index (χ1v) is 13.3. The maximum absolute atomic E-state index is 12.2. The molecule has 0 bridgehead atoms. The summed E-state index contributed by atoms with van der Waals surface area (Å²) in [5.41, 5.74) is 1.70. The zero-order valence-corrected chi connectivity index (χ0v) is 21.9. The Balaban J connectivity index is 1.42. The first kappa shape index (κ1) is 29.2. The number of aliphatic hydroxyl groups excluding tert-OH is 1. The Bertz CT molecular complexity index is 947. The topological polar surface area (TPSA) is 104 Å². The number of allylic oxidation sites excluding steroid dienone is 4. The molecule has 0 unspecified atom stereocenters. The highest BCUT2D eigenvalue weighted by molar-refractivity contribution is 6.20. The monoisotopic (exact) mass is 498 g/mol. The molecule has 0 aromatic heterocycles. The maximum atomic E-state index is 12.2. The van der Waals surface area contributed by atoms with Crippen molar-refractivity contribution in [1.29, 1.82) is 0 Å². The van der Waals surface area contributed by atoms with Gasteiger partial charge in [-0.05, 0) is 76.0 Å². The first-order valence-electron chi connectivity index (χ1n) is 13.3. The molecular formula is C30H42O6. The molecule has 1 aliphatic carbocycles. The van der Waals surface area contributed by atoms with Gasteiger partial charge in [-0.2, -0.15) is 0 Å². The average Bonchev–Trinajstić information content (AvgIpc) is 2.86. The minimum absolute atomic E-state index is 0.00138. The van der Waals surface area contributed by atoms with Crippen molar-refractivity contribution in [2.45, 2.75) is 96.8 Å². The summed E-state index contributed by atoms with van der Waals surface area (Å²) >= 11 is 0. The molecule has 6 heteroatoms. The summed E-state index contributed by atoms with van der Waals surface area (Å²) in [5.74, 6) is -1.04. The molecule has 36 heavy (non-hydrogen) atoms. The van der Waals surface area contributed by atoms with Crippen molar-refractivity contribution in [2.24, 2.45) is 0 Å². The molecule has 0 saturated heterocycles. The number of unbranched alkanes of at least 4 members (excludes halogenated alkanes) is 10. The SMILES string of the molecule is COC1=CC(=O)C(O)=C(CCCCCCCC=CCCCCCCCc2cc(O)c(C)c(O)c2)C1=O. The Hall–Kier alpha value is -3.02. The van der Waals surface area contributed by atoms with Gasteiger partial charge < -0.3 is 20.1 Å². The van der Waals surface area contributed by atoms with Gasteiger partial charge in [0.15, 0.2) is 11.5 Å². The lowest BCUT2D eigenvalue weighted by molar-refractivity contribution is -0.119. The Kier molecular flexibility index (Phi) is 12.9. The number of Topliss-reactive ketones (excluding diaryl/α,β-unsaturated/α-hetero) is 1. The van der Waals surface area contributed by atoms with E-state index in [-0.39, 0.29) is 28.6 Å². The summed E-state index contributed by atoms with van der Waals surface area (Å²) in [4.78, 5) is 23.9. The lowest BCUT2D eigenvalue weighted by Crippen LogP contribution is -2.20. The largest absolute Gasteiger partial charge is 0.508 e. The van der Waals surface area contributed by atoms with E-state index in [4.69, 9.17) is 4.74 Å². The molecule has 1 aliphatic rings. The average molecular weight is 499 g/mol. The summed E-state index contributed by atoms with van der Waals surface area (Å²) in [6.07, 6.45) is 20.0. The fourth-order valence-electron chi connectivity index (χ4n) is 4.38. The van der Waals surface area contributed by atoms with Crippen LogP contribution in [0.4, 0.5) is 0 Å². The molecule has 0 saturated carbocycles. The number of aryl methyl sites for hydroxylation is 1. The summed E-state index contributed by atoms with van der Waals surface area (Å²) in [7, 11) is 1.35. The molecule has 0 atom stereocenters. The zero-order valence-electron chi connectivity index (χ0n) is 21.9. The third kappa shape index (κ3) is 9.56.